The molecule has 5 rings (SSSR count). The Morgan fingerprint density at radius 2 is 0.891 bits per heavy atom. The van der Waals surface area contributed by atoms with Gasteiger partial charge in [0.1, 0.15) is 26.0 Å². The third-order valence-corrected chi connectivity index (χ3v) is 9.59. The van der Waals surface area contributed by atoms with Gasteiger partial charge in [0.15, 0.2) is 11.6 Å². The molecule has 7 nitrogen and oxygen atoms in total. The van der Waals surface area contributed by atoms with Crippen molar-refractivity contribution in [3.63, 3.8) is 0 Å². The molecule has 3 aromatic carbocycles. The number of aromatic nitrogens is 4. The van der Waals surface area contributed by atoms with Crippen LogP contribution < -0.4 is 15.9 Å². The van der Waals surface area contributed by atoms with Crippen LogP contribution in [0.15, 0.2) is 102 Å². The molecule has 14 heteroatoms. The molecular formula is C32H33Cl4CuN4O3PS+. The van der Waals surface area contributed by atoms with E-state index in [1.807, 2.05) is 100 Å². The maximum Gasteiger partial charge on any atom is 1.00 e. The predicted molar refractivity (Wildman–Crippen MR) is 190 cm³/mol. The molecule has 5 aromatic rings. The molecule has 0 aliphatic carbocycles. The van der Waals surface area contributed by atoms with Gasteiger partial charge in [-0.05, 0) is 76.2 Å². The van der Waals surface area contributed by atoms with Crippen LogP contribution in [-0.2, 0) is 27.2 Å². The quantitative estimate of drug-likeness (QED) is 0.0810. The molecule has 0 radical (unpaired) electrons. The summed E-state index contributed by atoms with van der Waals surface area (Å²) in [5.74, 6) is 1.20. The van der Waals surface area contributed by atoms with Crippen LogP contribution in [0.5, 0.6) is 0 Å². The van der Waals surface area contributed by atoms with Crippen molar-refractivity contribution in [3.8, 4) is 11.6 Å². The Morgan fingerprint density at radius 1 is 0.587 bits per heavy atom. The van der Waals surface area contributed by atoms with Gasteiger partial charge in [0.25, 0.3) is 0 Å². The van der Waals surface area contributed by atoms with E-state index < -0.39 is 18.0 Å². The zero-order valence-electron chi connectivity index (χ0n) is 25.4. The molecule has 0 bridgehead atoms. The Morgan fingerprint density at radius 3 is 1.22 bits per heavy atom. The van der Waals surface area contributed by atoms with E-state index in [2.05, 4.69) is 19.9 Å². The first kappa shape index (κ1) is 41.9. The van der Waals surface area contributed by atoms with Crippen molar-refractivity contribution in [1.82, 2.24) is 19.9 Å². The fourth-order valence-electron chi connectivity index (χ4n) is 4.23. The first-order valence-corrected chi connectivity index (χ1v) is 18.4. The van der Waals surface area contributed by atoms with E-state index in [1.165, 1.54) is 6.07 Å². The number of aryl methyl sites for hydroxylation is 4. The van der Waals surface area contributed by atoms with Crippen molar-refractivity contribution < 1.29 is 30.0 Å². The molecule has 0 amide bonds. The molecule has 2 aromatic heterocycles. The van der Waals surface area contributed by atoms with E-state index in [0.29, 0.717) is 17.0 Å². The molecule has 0 saturated heterocycles. The van der Waals surface area contributed by atoms with E-state index in [-0.39, 0.29) is 32.6 Å². The van der Waals surface area contributed by atoms with Gasteiger partial charge in [-0.15, -0.1) is 46.4 Å². The van der Waals surface area contributed by atoms with Crippen molar-refractivity contribution >= 4 is 80.4 Å². The molecule has 0 atom stereocenters. The van der Waals surface area contributed by atoms with Crippen molar-refractivity contribution in [2.45, 2.75) is 32.6 Å². The summed E-state index contributed by atoms with van der Waals surface area (Å²) in [6, 6.07) is 29.9. The largest absolute Gasteiger partial charge is 1.00 e. The van der Waals surface area contributed by atoms with Gasteiger partial charge < -0.3 is 4.55 Å². The fourth-order valence-corrected chi connectivity index (χ4v) is 8.09. The Bertz CT molecular complexity index is 1610. The van der Waals surface area contributed by atoms with E-state index >= 15 is 0 Å². The SMILES string of the molecule is Cc1cc(C)nc(-c2nc(C)cc(C)n2)n1.ClCCl.ClCCl.O=S(=O)([O-])c1ccccc1[PH+](c1ccccc1)c1ccccc1.[Cu+]. The summed E-state index contributed by atoms with van der Waals surface area (Å²) in [5.41, 5.74) is 3.74. The normalized spacial score (nSPS) is 10.2. The zero-order valence-corrected chi connectivity index (χ0v) is 31.2. The van der Waals surface area contributed by atoms with Gasteiger partial charge in [0.2, 0.25) is 0 Å². The molecule has 46 heavy (non-hydrogen) atoms. The number of alkyl halides is 4. The van der Waals surface area contributed by atoms with Crippen LogP contribution in [0.25, 0.3) is 11.6 Å². The molecular weight excluding hydrogens is 757 g/mol. The van der Waals surface area contributed by atoms with Crippen LogP contribution in [0.2, 0.25) is 0 Å². The minimum atomic E-state index is -4.52. The summed E-state index contributed by atoms with van der Waals surface area (Å²) in [7, 11) is -6.09. The number of rotatable bonds is 5. The summed E-state index contributed by atoms with van der Waals surface area (Å²) in [5, 5.41) is 3.07. The second kappa shape index (κ2) is 21.7. The number of benzene rings is 3. The first-order chi connectivity index (χ1) is 21.4. The number of halogens is 4. The second-order valence-corrected chi connectivity index (χ2v) is 14.6. The molecule has 2 heterocycles. The van der Waals surface area contributed by atoms with Gasteiger partial charge in [-0.1, -0.05) is 48.5 Å². The van der Waals surface area contributed by atoms with E-state index in [0.717, 1.165) is 33.4 Å². The van der Waals surface area contributed by atoms with Crippen molar-refractivity contribution in [3.05, 3.63) is 120 Å². The van der Waals surface area contributed by atoms with Gasteiger partial charge in [-0.25, -0.2) is 28.4 Å². The Hall–Kier alpha value is -2.16. The Labute approximate surface area is 303 Å². The number of nitrogens with zero attached hydrogens (tertiary/aromatic N) is 4. The van der Waals surface area contributed by atoms with Crippen molar-refractivity contribution in [1.29, 1.82) is 0 Å². The van der Waals surface area contributed by atoms with Crippen LogP contribution in [-0.4, -0.2) is 43.6 Å². The molecule has 0 N–H and O–H groups in total. The maximum absolute atomic E-state index is 11.7. The number of hydrogen-bond acceptors (Lipinski definition) is 7. The summed E-state index contributed by atoms with van der Waals surface area (Å²) >= 11 is 19.1. The summed E-state index contributed by atoms with van der Waals surface area (Å²) in [6.07, 6.45) is 0. The Kier molecular flexibility index (Phi) is 19.7. The van der Waals surface area contributed by atoms with E-state index in [1.54, 1.807) is 18.2 Å². The maximum atomic E-state index is 11.7. The van der Waals surface area contributed by atoms with Crippen molar-refractivity contribution in [2.75, 3.05) is 10.7 Å². The van der Waals surface area contributed by atoms with Crippen LogP contribution >= 0.6 is 54.3 Å². The molecule has 0 aliphatic rings. The predicted octanol–water partition coefficient (Wildman–Crippen LogP) is 7.09. The van der Waals surface area contributed by atoms with Crippen LogP contribution in [0.4, 0.5) is 0 Å². The van der Waals surface area contributed by atoms with Gasteiger partial charge in [0.05, 0.1) is 23.5 Å². The van der Waals surface area contributed by atoms with Gasteiger partial charge in [-0.3, -0.25) is 0 Å². The summed E-state index contributed by atoms with van der Waals surface area (Å²) in [6.45, 7) is 7.78. The smallest absolute Gasteiger partial charge is 0.744 e. The van der Waals surface area contributed by atoms with Crippen LogP contribution in [0.3, 0.4) is 0 Å². The monoisotopic (exact) mass is 787 g/mol. The number of hydrogen-bond donors (Lipinski definition) is 0. The summed E-state index contributed by atoms with van der Waals surface area (Å²) in [4.78, 5) is 17.3. The minimum Gasteiger partial charge on any atom is -0.744 e. The van der Waals surface area contributed by atoms with Crippen LogP contribution in [0, 0.1) is 27.7 Å². The van der Waals surface area contributed by atoms with Gasteiger partial charge in [-0.2, -0.15) is 0 Å². The average molecular weight is 790 g/mol. The third-order valence-electron chi connectivity index (χ3n) is 5.72. The first-order valence-electron chi connectivity index (χ1n) is 13.4. The molecule has 248 valence electrons. The van der Waals surface area contributed by atoms with Gasteiger partial charge in [0, 0.05) is 22.8 Å². The zero-order chi connectivity index (χ0) is 33.4. The van der Waals surface area contributed by atoms with Crippen molar-refractivity contribution in [2.24, 2.45) is 0 Å². The fraction of sp³-hybridized carbons (Fsp3) is 0.188. The molecule has 0 saturated carbocycles. The standard InChI is InChI=1S/C18H15O3PS.C12H14N4.2CH2Cl2.Cu/c19-23(20,21)18-14-8-7-13-17(18)22(15-9-3-1-4-10-15)16-11-5-2-6-12-16;1-7-5-8(2)14-11(13-7)12-15-9(3)6-10(4)16-12;2*2-1-3;/h1-14H,(H,19,20,21);5-6H,1-4H3;2*1H2;/q;;;;+1. The molecule has 0 unspecified atom stereocenters. The molecule has 0 fully saturated rings. The second-order valence-electron chi connectivity index (χ2n) is 9.21. The summed E-state index contributed by atoms with van der Waals surface area (Å²) < 4.78 is 35.0. The molecule has 0 spiro atoms. The van der Waals surface area contributed by atoms with Crippen LogP contribution in [0.1, 0.15) is 22.8 Å². The average Bonchev–Trinajstić information content (AvgIpc) is 2.98. The minimum absolute atomic E-state index is 0. The van der Waals surface area contributed by atoms with E-state index in [9.17, 15) is 13.0 Å². The van der Waals surface area contributed by atoms with E-state index in [4.69, 9.17) is 46.4 Å². The molecule has 0 aliphatic heterocycles. The Balaban J connectivity index is 0.000000402. The van der Waals surface area contributed by atoms with Gasteiger partial charge >= 0.3 is 17.1 Å². The third kappa shape index (κ3) is 13.9. The topological polar surface area (TPSA) is 109 Å².